The predicted molar refractivity (Wildman–Crippen MR) is 122 cm³/mol. The smallest absolute Gasteiger partial charge is 0.338 e. The van der Waals surface area contributed by atoms with Crippen molar-refractivity contribution in [3.63, 3.8) is 0 Å². The predicted octanol–water partition coefficient (Wildman–Crippen LogP) is 5.93. The molecule has 0 saturated heterocycles. The number of nitrogens with zero attached hydrogens (tertiary/aromatic N) is 2. The van der Waals surface area contributed by atoms with Crippen LogP contribution in [0.5, 0.6) is 0 Å². The maximum Gasteiger partial charge on any atom is 0.338 e. The van der Waals surface area contributed by atoms with Crippen LogP contribution in [-0.2, 0) is 11.3 Å². The van der Waals surface area contributed by atoms with Crippen molar-refractivity contribution in [1.29, 1.82) is 0 Å². The highest BCUT2D eigenvalue weighted by molar-refractivity contribution is 6.36. The molecule has 0 bridgehead atoms. The van der Waals surface area contributed by atoms with Gasteiger partial charge in [0.25, 0.3) is 11.6 Å². The van der Waals surface area contributed by atoms with E-state index < -0.39 is 16.8 Å². The van der Waals surface area contributed by atoms with Crippen LogP contribution in [0.25, 0.3) is 0 Å². The van der Waals surface area contributed by atoms with Crippen LogP contribution < -0.4 is 4.90 Å². The van der Waals surface area contributed by atoms with Crippen LogP contribution in [-0.4, -0.2) is 23.4 Å². The Balaban J connectivity index is 2.07. The minimum atomic E-state index is -0.614. The Morgan fingerprint density at radius 3 is 2.19 bits per heavy atom. The summed E-state index contributed by atoms with van der Waals surface area (Å²) < 4.78 is 4.98. The third kappa shape index (κ3) is 5.07. The number of ether oxygens (including phenoxy) is 1. The van der Waals surface area contributed by atoms with Crippen molar-refractivity contribution in [3.05, 3.63) is 104 Å². The number of carbonyl (C=O) groups is 2. The molecule has 0 saturated carbocycles. The quantitative estimate of drug-likeness (QED) is 0.241. The van der Waals surface area contributed by atoms with E-state index in [0.717, 1.165) is 0 Å². The maximum absolute atomic E-state index is 13.5. The average molecular weight is 473 g/mol. The van der Waals surface area contributed by atoms with Crippen molar-refractivity contribution in [2.45, 2.75) is 13.5 Å². The van der Waals surface area contributed by atoms with E-state index in [9.17, 15) is 19.7 Å². The number of halogens is 2. The first kappa shape index (κ1) is 23.2. The Morgan fingerprint density at radius 1 is 0.969 bits per heavy atom. The third-order valence-corrected chi connectivity index (χ3v) is 5.35. The second kappa shape index (κ2) is 10.3. The van der Waals surface area contributed by atoms with E-state index in [1.807, 2.05) is 0 Å². The maximum atomic E-state index is 13.5. The van der Waals surface area contributed by atoms with Crippen LogP contribution in [0, 0.1) is 10.1 Å². The van der Waals surface area contributed by atoms with Crippen molar-refractivity contribution >= 4 is 46.5 Å². The molecule has 0 fully saturated rings. The molecule has 0 aromatic heterocycles. The van der Waals surface area contributed by atoms with E-state index in [1.54, 1.807) is 43.3 Å². The summed E-state index contributed by atoms with van der Waals surface area (Å²) in [5.74, 6) is -1.11. The van der Waals surface area contributed by atoms with Gasteiger partial charge in [-0.2, -0.15) is 0 Å². The highest BCUT2D eigenvalue weighted by Gasteiger charge is 2.27. The average Bonchev–Trinajstić information content (AvgIpc) is 2.79. The van der Waals surface area contributed by atoms with Crippen molar-refractivity contribution in [2.75, 3.05) is 11.5 Å². The molecule has 0 spiro atoms. The van der Waals surface area contributed by atoms with E-state index >= 15 is 0 Å². The second-order valence-corrected chi connectivity index (χ2v) is 7.45. The molecule has 3 rings (SSSR count). The molecule has 32 heavy (non-hydrogen) atoms. The monoisotopic (exact) mass is 472 g/mol. The van der Waals surface area contributed by atoms with E-state index in [-0.39, 0.29) is 24.4 Å². The number of benzene rings is 3. The van der Waals surface area contributed by atoms with Gasteiger partial charge in [0.1, 0.15) is 5.56 Å². The SMILES string of the molecule is CCOC(=O)c1ccc(N(Cc2c(Cl)cccc2Cl)C(=O)c2ccccc2[N+](=O)[O-])cc1. The molecule has 0 radical (unpaired) electrons. The second-order valence-electron chi connectivity index (χ2n) is 6.63. The molecule has 3 aromatic rings. The zero-order valence-electron chi connectivity index (χ0n) is 17.0. The van der Waals surface area contributed by atoms with Crippen LogP contribution >= 0.6 is 23.2 Å². The topological polar surface area (TPSA) is 89.8 Å². The fraction of sp³-hybridized carbons (Fsp3) is 0.130. The van der Waals surface area contributed by atoms with Crippen molar-refractivity contribution in [3.8, 4) is 0 Å². The summed E-state index contributed by atoms with van der Waals surface area (Å²) in [6.07, 6.45) is 0. The van der Waals surface area contributed by atoms with Gasteiger partial charge in [-0.25, -0.2) is 4.79 Å². The number of amides is 1. The number of para-hydroxylation sites is 1. The Bertz CT molecular complexity index is 1150. The van der Waals surface area contributed by atoms with Gasteiger partial charge in [0.15, 0.2) is 0 Å². The molecule has 0 aliphatic heterocycles. The molecule has 0 aliphatic rings. The fourth-order valence-electron chi connectivity index (χ4n) is 3.07. The molecule has 9 heteroatoms. The van der Waals surface area contributed by atoms with E-state index in [1.165, 1.54) is 35.2 Å². The molecule has 164 valence electrons. The van der Waals surface area contributed by atoms with Crippen LogP contribution in [0.1, 0.15) is 33.2 Å². The molecule has 0 aliphatic carbocycles. The van der Waals surface area contributed by atoms with Crippen molar-refractivity contribution < 1.29 is 19.2 Å². The summed E-state index contributed by atoms with van der Waals surface area (Å²) in [6, 6.07) is 16.8. The van der Waals surface area contributed by atoms with Gasteiger partial charge in [-0.05, 0) is 49.4 Å². The zero-order valence-corrected chi connectivity index (χ0v) is 18.5. The Morgan fingerprint density at radius 2 is 1.59 bits per heavy atom. The molecular formula is C23H18Cl2N2O5. The molecular weight excluding hydrogens is 455 g/mol. The number of hydrogen-bond donors (Lipinski definition) is 0. The van der Waals surface area contributed by atoms with Crippen LogP contribution in [0.15, 0.2) is 66.7 Å². The molecule has 7 nitrogen and oxygen atoms in total. The van der Waals surface area contributed by atoms with E-state index in [2.05, 4.69) is 0 Å². The fourth-order valence-corrected chi connectivity index (χ4v) is 3.59. The first-order valence-corrected chi connectivity index (χ1v) is 10.3. The molecule has 0 unspecified atom stereocenters. The van der Waals surface area contributed by atoms with Crippen molar-refractivity contribution in [1.82, 2.24) is 0 Å². The number of carbonyl (C=O) groups excluding carboxylic acids is 2. The number of nitro groups is 1. The summed E-state index contributed by atoms with van der Waals surface area (Å²) in [4.78, 5) is 37.6. The minimum Gasteiger partial charge on any atom is -0.462 e. The van der Waals surface area contributed by atoms with Gasteiger partial charge in [-0.15, -0.1) is 0 Å². The number of rotatable bonds is 7. The lowest BCUT2D eigenvalue weighted by Gasteiger charge is -2.24. The molecule has 3 aromatic carbocycles. The molecule has 0 atom stereocenters. The number of hydrogen-bond acceptors (Lipinski definition) is 5. The first-order chi connectivity index (χ1) is 15.3. The van der Waals surface area contributed by atoms with Crippen LogP contribution in [0.3, 0.4) is 0 Å². The summed E-state index contributed by atoms with van der Waals surface area (Å²) in [5.41, 5.74) is 0.782. The molecule has 0 N–H and O–H groups in total. The molecule has 1 amide bonds. The van der Waals surface area contributed by atoms with Gasteiger partial charge >= 0.3 is 5.97 Å². The normalized spacial score (nSPS) is 10.5. The first-order valence-electron chi connectivity index (χ1n) is 9.58. The Hall–Kier alpha value is -3.42. The number of anilines is 1. The number of nitro benzene ring substituents is 1. The van der Waals surface area contributed by atoms with Crippen molar-refractivity contribution in [2.24, 2.45) is 0 Å². The van der Waals surface area contributed by atoms with E-state index in [0.29, 0.717) is 26.9 Å². The highest BCUT2D eigenvalue weighted by atomic mass is 35.5. The zero-order chi connectivity index (χ0) is 23.3. The Kier molecular flexibility index (Phi) is 7.45. The van der Waals surface area contributed by atoms with Crippen LogP contribution in [0.2, 0.25) is 10.0 Å². The largest absolute Gasteiger partial charge is 0.462 e. The third-order valence-electron chi connectivity index (χ3n) is 4.64. The lowest BCUT2D eigenvalue weighted by Crippen LogP contribution is -2.31. The van der Waals surface area contributed by atoms with Gasteiger partial charge < -0.3 is 9.64 Å². The summed E-state index contributed by atoms with van der Waals surface area (Å²) in [7, 11) is 0. The molecule has 0 heterocycles. The highest BCUT2D eigenvalue weighted by Crippen LogP contribution is 2.30. The minimum absolute atomic E-state index is 0.0395. The summed E-state index contributed by atoms with van der Waals surface area (Å²) >= 11 is 12.6. The van der Waals surface area contributed by atoms with Crippen LogP contribution in [0.4, 0.5) is 11.4 Å². The van der Waals surface area contributed by atoms with Gasteiger partial charge in [0.05, 0.1) is 23.6 Å². The Labute approximate surface area is 194 Å². The summed E-state index contributed by atoms with van der Waals surface area (Å²) in [5, 5.41) is 12.2. The standard InChI is InChI=1S/C23H18Cl2N2O5/c1-2-32-23(29)15-10-12-16(13-11-15)26(14-18-19(24)7-5-8-20(18)25)22(28)17-6-3-4-9-21(17)27(30)31/h3-13H,2,14H2,1H3. The van der Waals surface area contributed by atoms with Gasteiger partial charge in [0, 0.05) is 27.4 Å². The van der Waals surface area contributed by atoms with Gasteiger partial charge in [-0.1, -0.05) is 41.4 Å². The van der Waals surface area contributed by atoms with Gasteiger partial charge in [-0.3, -0.25) is 14.9 Å². The summed E-state index contributed by atoms with van der Waals surface area (Å²) in [6.45, 7) is 1.89. The lowest BCUT2D eigenvalue weighted by molar-refractivity contribution is -0.385. The number of esters is 1. The van der Waals surface area contributed by atoms with E-state index in [4.69, 9.17) is 27.9 Å². The van der Waals surface area contributed by atoms with Gasteiger partial charge in [0.2, 0.25) is 0 Å². The lowest BCUT2D eigenvalue weighted by atomic mass is 10.1.